The van der Waals surface area contributed by atoms with Crippen LogP contribution in [0.5, 0.6) is 0 Å². The fourth-order valence-corrected chi connectivity index (χ4v) is 5.73. The standard InChI is InChI=1S/C20H26ClN5O3S/c1-23-14-19(22-15-23)30(28,29)26-7-5-16(6-8-26)20(27)25-11-9-24(10-12-25)18-4-2-3-17(21)13-18/h2-4,13-16H,5-12H2,1H3. The number of benzene rings is 1. The largest absolute Gasteiger partial charge is 0.368 e. The van der Waals surface area contributed by atoms with Crippen LogP contribution in [0.4, 0.5) is 5.69 Å². The van der Waals surface area contributed by atoms with Gasteiger partial charge >= 0.3 is 0 Å². The Kier molecular flexibility index (Phi) is 6.04. The van der Waals surface area contributed by atoms with Crippen LogP contribution in [-0.2, 0) is 21.9 Å². The van der Waals surface area contributed by atoms with Gasteiger partial charge in [0.2, 0.25) is 5.91 Å². The molecule has 2 aliphatic rings. The van der Waals surface area contributed by atoms with Gasteiger partial charge in [0.25, 0.3) is 10.0 Å². The number of piperazine rings is 1. The predicted octanol–water partition coefficient (Wildman–Crippen LogP) is 1.82. The number of amides is 1. The van der Waals surface area contributed by atoms with Gasteiger partial charge in [-0.1, -0.05) is 17.7 Å². The van der Waals surface area contributed by atoms with E-state index in [-0.39, 0.29) is 16.9 Å². The van der Waals surface area contributed by atoms with Crippen LogP contribution in [0.2, 0.25) is 5.02 Å². The van der Waals surface area contributed by atoms with Crippen LogP contribution in [0.25, 0.3) is 0 Å². The molecule has 1 aromatic carbocycles. The van der Waals surface area contributed by atoms with Crippen molar-refractivity contribution in [3.8, 4) is 0 Å². The van der Waals surface area contributed by atoms with Gasteiger partial charge in [0.15, 0.2) is 5.03 Å². The summed E-state index contributed by atoms with van der Waals surface area (Å²) in [6, 6.07) is 7.76. The number of carbonyl (C=O) groups is 1. The molecule has 0 saturated carbocycles. The van der Waals surface area contributed by atoms with Crippen LogP contribution in [-0.4, -0.2) is 72.3 Å². The number of carbonyl (C=O) groups excluding carboxylic acids is 1. The van der Waals surface area contributed by atoms with Crippen molar-refractivity contribution < 1.29 is 13.2 Å². The number of sulfonamides is 1. The molecule has 30 heavy (non-hydrogen) atoms. The van der Waals surface area contributed by atoms with E-state index < -0.39 is 10.0 Å². The molecular formula is C20H26ClN5O3S. The van der Waals surface area contributed by atoms with Crippen LogP contribution >= 0.6 is 11.6 Å². The summed E-state index contributed by atoms with van der Waals surface area (Å²) < 4.78 is 28.5. The van der Waals surface area contributed by atoms with Gasteiger partial charge in [-0.2, -0.15) is 4.31 Å². The average Bonchev–Trinajstić information content (AvgIpc) is 3.21. The highest BCUT2D eigenvalue weighted by Crippen LogP contribution is 2.26. The molecule has 2 fully saturated rings. The number of aromatic nitrogens is 2. The van der Waals surface area contributed by atoms with Gasteiger partial charge in [0.05, 0.1) is 6.33 Å². The van der Waals surface area contributed by atoms with E-state index in [1.54, 1.807) is 11.6 Å². The molecule has 1 amide bonds. The highest BCUT2D eigenvalue weighted by Gasteiger charge is 2.35. The smallest absolute Gasteiger partial charge is 0.262 e. The average molecular weight is 452 g/mol. The number of aryl methyl sites for hydroxylation is 1. The molecule has 0 bridgehead atoms. The lowest BCUT2D eigenvalue weighted by Crippen LogP contribution is -2.52. The maximum Gasteiger partial charge on any atom is 0.262 e. The molecule has 0 spiro atoms. The number of imidazole rings is 1. The first kappa shape index (κ1) is 21.1. The third-order valence-corrected chi connectivity index (χ3v) is 7.87. The minimum Gasteiger partial charge on any atom is -0.368 e. The number of hydrogen-bond acceptors (Lipinski definition) is 5. The zero-order valence-corrected chi connectivity index (χ0v) is 18.5. The first-order valence-electron chi connectivity index (χ1n) is 10.1. The molecule has 0 aliphatic carbocycles. The highest BCUT2D eigenvalue weighted by atomic mass is 35.5. The summed E-state index contributed by atoms with van der Waals surface area (Å²) in [6.45, 7) is 3.54. The van der Waals surface area contributed by atoms with E-state index in [1.807, 2.05) is 29.2 Å². The molecule has 0 radical (unpaired) electrons. The minimum absolute atomic E-state index is 0.0620. The number of rotatable bonds is 4. The lowest BCUT2D eigenvalue weighted by atomic mass is 9.96. The third kappa shape index (κ3) is 4.33. The molecule has 162 valence electrons. The first-order valence-corrected chi connectivity index (χ1v) is 11.9. The number of piperidine rings is 1. The fourth-order valence-electron chi connectivity index (χ4n) is 4.11. The van der Waals surface area contributed by atoms with E-state index in [1.165, 1.54) is 16.8 Å². The second-order valence-corrected chi connectivity index (χ2v) is 10.2. The van der Waals surface area contributed by atoms with Crippen molar-refractivity contribution in [3.05, 3.63) is 41.8 Å². The van der Waals surface area contributed by atoms with Crippen molar-refractivity contribution in [1.82, 2.24) is 18.8 Å². The van der Waals surface area contributed by atoms with Crippen molar-refractivity contribution in [2.75, 3.05) is 44.2 Å². The Morgan fingerprint density at radius 3 is 2.40 bits per heavy atom. The molecule has 1 aromatic heterocycles. The summed E-state index contributed by atoms with van der Waals surface area (Å²) in [5.41, 5.74) is 1.07. The highest BCUT2D eigenvalue weighted by molar-refractivity contribution is 7.89. The molecule has 2 aliphatic heterocycles. The van der Waals surface area contributed by atoms with Gasteiger partial charge in [0, 0.05) is 69.1 Å². The molecule has 2 saturated heterocycles. The molecule has 10 heteroatoms. The summed E-state index contributed by atoms with van der Waals surface area (Å²) >= 11 is 6.09. The molecule has 8 nitrogen and oxygen atoms in total. The summed E-state index contributed by atoms with van der Waals surface area (Å²) in [7, 11) is -1.86. The van der Waals surface area contributed by atoms with E-state index in [4.69, 9.17) is 11.6 Å². The van der Waals surface area contributed by atoms with Crippen LogP contribution < -0.4 is 4.90 Å². The lowest BCUT2D eigenvalue weighted by molar-refractivity contribution is -0.137. The zero-order chi connectivity index (χ0) is 21.3. The maximum absolute atomic E-state index is 13.0. The topological polar surface area (TPSA) is 78.8 Å². The Hall–Kier alpha value is -2.10. The third-order valence-electron chi connectivity index (χ3n) is 5.85. The first-order chi connectivity index (χ1) is 14.3. The summed E-state index contributed by atoms with van der Waals surface area (Å²) in [5, 5.41) is 0.769. The van der Waals surface area contributed by atoms with Gasteiger partial charge in [-0.25, -0.2) is 13.4 Å². The fraction of sp³-hybridized carbons (Fsp3) is 0.500. The van der Waals surface area contributed by atoms with Crippen molar-refractivity contribution >= 4 is 33.2 Å². The molecule has 0 atom stereocenters. The number of hydrogen-bond donors (Lipinski definition) is 0. The second-order valence-electron chi connectivity index (χ2n) is 7.85. The second kappa shape index (κ2) is 8.56. The summed E-state index contributed by atoms with van der Waals surface area (Å²) in [6.07, 6.45) is 4.07. The number of halogens is 1. The minimum atomic E-state index is -3.60. The molecule has 2 aromatic rings. The van der Waals surface area contributed by atoms with Gasteiger partial charge in [-0.05, 0) is 31.0 Å². The van der Waals surface area contributed by atoms with Crippen LogP contribution in [0.3, 0.4) is 0 Å². The number of anilines is 1. The van der Waals surface area contributed by atoms with E-state index in [0.717, 1.165) is 18.8 Å². The van der Waals surface area contributed by atoms with Crippen LogP contribution in [0.1, 0.15) is 12.8 Å². The Balaban J connectivity index is 1.31. The predicted molar refractivity (Wildman–Crippen MR) is 115 cm³/mol. The van der Waals surface area contributed by atoms with Crippen LogP contribution in [0.15, 0.2) is 41.8 Å². The van der Waals surface area contributed by atoms with Crippen molar-refractivity contribution in [2.45, 2.75) is 17.9 Å². The Morgan fingerprint density at radius 2 is 1.80 bits per heavy atom. The van der Waals surface area contributed by atoms with Gasteiger partial charge in [-0.3, -0.25) is 4.79 Å². The Bertz CT molecular complexity index is 1010. The van der Waals surface area contributed by atoms with E-state index in [0.29, 0.717) is 44.0 Å². The SMILES string of the molecule is Cn1cnc(S(=O)(=O)N2CCC(C(=O)N3CCN(c4cccc(Cl)c4)CC3)CC2)c1. The molecule has 3 heterocycles. The summed E-state index contributed by atoms with van der Waals surface area (Å²) in [4.78, 5) is 21.1. The summed E-state index contributed by atoms with van der Waals surface area (Å²) in [5.74, 6) is 0.00790. The van der Waals surface area contributed by atoms with Crippen LogP contribution in [0, 0.1) is 5.92 Å². The Labute approximate surface area is 182 Å². The Morgan fingerprint density at radius 1 is 1.10 bits per heavy atom. The van der Waals surface area contributed by atoms with E-state index >= 15 is 0 Å². The maximum atomic E-state index is 13.0. The lowest BCUT2D eigenvalue weighted by Gasteiger charge is -2.39. The van der Waals surface area contributed by atoms with E-state index in [2.05, 4.69) is 9.88 Å². The molecular weight excluding hydrogens is 426 g/mol. The van der Waals surface area contributed by atoms with Crippen molar-refractivity contribution in [2.24, 2.45) is 13.0 Å². The van der Waals surface area contributed by atoms with Crippen molar-refractivity contribution in [3.63, 3.8) is 0 Å². The quantitative estimate of drug-likeness (QED) is 0.708. The molecule has 0 N–H and O–H groups in total. The number of nitrogens with zero attached hydrogens (tertiary/aromatic N) is 5. The normalized spacial score (nSPS) is 19.3. The van der Waals surface area contributed by atoms with Gasteiger partial charge in [-0.15, -0.1) is 0 Å². The van der Waals surface area contributed by atoms with Gasteiger partial charge < -0.3 is 14.4 Å². The van der Waals surface area contributed by atoms with Crippen molar-refractivity contribution in [1.29, 1.82) is 0 Å². The molecule has 0 unspecified atom stereocenters. The van der Waals surface area contributed by atoms with E-state index in [9.17, 15) is 13.2 Å². The van der Waals surface area contributed by atoms with Gasteiger partial charge in [0.1, 0.15) is 0 Å². The molecule has 4 rings (SSSR count). The zero-order valence-electron chi connectivity index (χ0n) is 16.9. The monoisotopic (exact) mass is 451 g/mol.